The molecule has 1 amide bonds. The molecular weight excluding hydrogens is 353 g/mol. The number of nitrogens with zero attached hydrogens (tertiary/aromatic N) is 2. The normalized spacial score (nSPS) is 15.1. The predicted molar refractivity (Wildman–Crippen MR) is 103 cm³/mol. The number of anilines is 1. The van der Waals surface area contributed by atoms with Crippen molar-refractivity contribution in [2.75, 3.05) is 38.0 Å². The van der Waals surface area contributed by atoms with E-state index in [2.05, 4.69) is 34.5 Å². The van der Waals surface area contributed by atoms with Crippen LogP contribution in [0.25, 0.3) is 0 Å². The van der Waals surface area contributed by atoms with Gasteiger partial charge in [-0.15, -0.1) is 0 Å². The molecule has 6 heteroatoms. The number of hydrogen-bond donors (Lipinski definition) is 1. The standard InChI is InChI=1S/C20H23ClFN3O/c21-18-14-17(6-7-19(18)22)23-9-8-20(26)25-12-10-24(11-13-25)15-16-4-2-1-3-5-16/h1-7,14,23H,8-13,15H2. The molecule has 1 N–H and O–H groups in total. The monoisotopic (exact) mass is 375 g/mol. The quantitative estimate of drug-likeness (QED) is 0.837. The average Bonchev–Trinajstić information content (AvgIpc) is 2.66. The zero-order chi connectivity index (χ0) is 18.4. The van der Waals surface area contributed by atoms with Crippen LogP contribution in [0.4, 0.5) is 10.1 Å². The molecule has 0 aliphatic carbocycles. The van der Waals surface area contributed by atoms with Crippen molar-refractivity contribution in [2.45, 2.75) is 13.0 Å². The average molecular weight is 376 g/mol. The van der Waals surface area contributed by atoms with Gasteiger partial charge in [0, 0.05) is 51.4 Å². The van der Waals surface area contributed by atoms with E-state index in [9.17, 15) is 9.18 Å². The Kier molecular flexibility index (Phi) is 6.47. The lowest BCUT2D eigenvalue weighted by Gasteiger charge is -2.34. The van der Waals surface area contributed by atoms with Crippen molar-refractivity contribution in [2.24, 2.45) is 0 Å². The molecule has 3 rings (SSSR count). The summed E-state index contributed by atoms with van der Waals surface area (Å²) in [6.07, 6.45) is 0.410. The third kappa shape index (κ3) is 5.19. The third-order valence-corrected chi connectivity index (χ3v) is 4.85. The molecule has 0 spiro atoms. The summed E-state index contributed by atoms with van der Waals surface area (Å²) in [6, 6.07) is 14.9. The predicted octanol–water partition coefficient (Wildman–Crippen LogP) is 3.63. The number of rotatable bonds is 6. The van der Waals surface area contributed by atoms with E-state index in [4.69, 9.17) is 11.6 Å². The highest BCUT2D eigenvalue weighted by molar-refractivity contribution is 6.31. The van der Waals surface area contributed by atoms with Gasteiger partial charge in [-0.25, -0.2) is 4.39 Å². The fraction of sp³-hybridized carbons (Fsp3) is 0.350. The van der Waals surface area contributed by atoms with Gasteiger partial charge in [-0.3, -0.25) is 9.69 Å². The van der Waals surface area contributed by atoms with Crippen molar-refractivity contribution in [1.82, 2.24) is 9.80 Å². The Morgan fingerprint density at radius 1 is 1.08 bits per heavy atom. The van der Waals surface area contributed by atoms with Gasteiger partial charge < -0.3 is 10.2 Å². The van der Waals surface area contributed by atoms with Gasteiger partial charge in [-0.1, -0.05) is 41.9 Å². The molecule has 1 aliphatic heterocycles. The van der Waals surface area contributed by atoms with Gasteiger partial charge in [-0.05, 0) is 23.8 Å². The molecule has 1 aliphatic rings. The van der Waals surface area contributed by atoms with Crippen molar-refractivity contribution in [1.29, 1.82) is 0 Å². The molecule has 0 aromatic heterocycles. The van der Waals surface area contributed by atoms with Crippen LogP contribution in [0.15, 0.2) is 48.5 Å². The van der Waals surface area contributed by atoms with Gasteiger partial charge >= 0.3 is 0 Å². The molecule has 0 bridgehead atoms. The van der Waals surface area contributed by atoms with Crippen molar-refractivity contribution < 1.29 is 9.18 Å². The minimum absolute atomic E-state index is 0.0795. The van der Waals surface area contributed by atoms with Gasteiger partial charge in [-0.2, -0.15) is 0 Å². The lowest BCUT2D eigenvalue weighted by molar-refractivity contribution is -0.132. The highest BCUT2D eigenvalue weighted by atomic mass is 35.5. The number of carbonyl (C=O) groups is 1. The van der Waals surface area contributed by atoms with Crippen molar-refractivity contribution in [3.8, 4) is 0 Å². The molecule has 2 aromatic carbocycles. The van der Waals surface area contributed by atoms with Crippen LogP contribution in [-0.2, 0) is 11.3 Å². The minimum atomic E-state index is -0.443. The lowest BCUT2D eigenvalue weighted by atomic mass is 10.2. The maximum absolute atomic E-state index is 13.1. The van der Waals surface area contributed by atoms with E-state index < -0.39 is 5.82 Å². The van der Waals surface area contributed by atoms with Gasteiger partial charge in [0.25, 0.3) is 0 Å². The van der Waals surface area contributed by atoms with Crippen LogP contribution in [0.5, 0.6) is 0 Å². The molecule has 26 heavy (non-hydrogen) atoms. The summed E-state index contributed by atoms with van der Waals surface area (Å²) in [4.78, 5) is 16.6. The van der Waals surface area contributed by atoms with E-state index in [1.54, 1.807) is 6.07 Å². The first-order chi connectivity index (χ1) is 12.6. The number of amides is 1. The van der Waals surface area contributed by atoms with E-state index in [1.165, 1.54) is 17.7 Å². The Morgan fingerprint density at radius 3 is 2.50 bits per heavy atom. The summed E-state index contributed by atoms with van der Waals surface area (Å²) in [7, 11) is 0. The van der Waals surface area contributed by atoms with Crippen molar-refractivity contribution >= 4 is 23.2 Å². The summed E-state index contributed by atoms with van der Waals surface area (Å²) >= 11 is 5.75. The summed E-state index contributed by atoms with van der Waals surface area (Å²) in [6.45, 7) is 4.73. The number of carbonyl (C=O) groups excluding carboxylic acids is 1. The number of nitrogens with one attached hydrogen (secondary N) is 1. The first-order valence-corrected chi connectivity index (χ1v) is 9.22. The summed E-state index contributed by atoms with van der Waals surface area (Å²) in [5, 5.41) is 3.19. The molecular formula is C20H23ClFN3O. The van der Waals surface area contributed by atoms with Crippen LogP contribution in [0.3, 0.4) is 0 Å². The smallest absolute Gasteiger partial charge is 0.224 e. The SMILES string of the molecule is O=C(CCNc1ccc(F)c(Cl)c1)N1CCN(Cc2ccccc2)CC1. The van der Waals surface area contributed by atoms with E-state index in [1.807, 2.05) is 11.0 Å². The first-order valence-electron chi connectivity index (χ1n) is 8.85. The number of piperazine rings is 1. The molecule has 0 unspecified atom stereocenters. The van der Waals surface area contributed by atoms with E-state index in [0.717, 1.165) is 38.4 Å². The fourth-order valence-electron chi connectivity index (χ4n) is 3.07. The zero-order valence-corrected chi connectivity index (χ0v) is 15.4. The second-order valence-electron chi connectivity index (χ2n) is 6.45. The van der Waals surface area contributed by atoms with Crippen LogP contribution in [0.1, 0.15) is 12.0 Å². The molecule has 0 atom stereocenters. The van der Waals surface area contributed by atoms with Gasteiger partial charge in [0.15, 0.2) is 0 Å². The van der Waals surface area contributed by atoms with E-state index in [0.29, 0.717) is 13.0 Å². The second kappa shape index (κ2) is 9.01. The Labute approximate surface area is 158 Å². The van der Waals surface area contributed by atoms with Crippen LogP contribution >= 0.6 is 11.6 Å². The zero-order valence-electron chi connectivity index (χ0n) is 14.6. The van der Waals surface area contributed by atoms with Gasteiger partial charge in [0.1, 0.15) is 5.82 Å². The Balaban J connectivity index is 1.38. The topological polar surface area (TPSA) is 35.6 Å². The van der Waals surface area contributed by atoms with Crippen molar-refractivity contribution in [3.63, 3.8) is 0 Å². The van der Waals surface area contributed by atoms with Crippen LogP contribution in [0.2, 0.25) is 5.02 Å². The Morgan fingerprint density at radius 2 is 1.81 bits per heavy atom. The van der Waals surface area contributed by atoms with Gasteiger partial charge in [0.2, 0.25) is 5.91 Å². The minimum Gasteiger partial charge on any atom is -0.384 e. The molecule has 4 nitrogen and oxygen atoms in total. The molecule has 1 heterocycles. The van der Waals surface area contributed by atoms with Crippen LogP contribution in [-0.4, -0.2) is 48.4 Å². The highest BCUT2D eigenvalue weighted by Gasteiger charge is 2.20. The molecule has 1 fully saturated rings. The molecule has 0 radical (unpaired) electrons. The molecule has 0 saturated carbocycles. The maximum Gasteiger partial charge on any atom is 0.224 e. The second-order valence-corrected chi connectivity index (χ2v) is 6.86. The Bertz CT molecular complexity index is 733. The van der Waals surface area contributed by atoms with Gasteiger partial charge in [0.05, 0.1) is 5.02 Å². The Hall–Kier alpha value is -2.11. The number of benzene rings is 2. The van der Waals surface area contributed by atoms with Crippen molar-refractivity contribution in [3.05, 3.63) is 64.9 Å². The number of hydrogen-bond acceptors (Lipinski definition) is 3. The van der Waals surface area contributed by atoms with E-state index >= 15 is 0 Å². The maximum atomic E-state index is 13.1. The summed E-state index contributed by atoms with van der Waals surface area (Å²) in [5.74, 6) is -0.299. The molecule has 138 valence electrons. The third-order valence-electron chi connectivity index (χ3n) is 4.56. The first kappa shape index (κ1) is 18.7. The molecule has 2 aromatic rings. The lowest BCUT2D eigenvalue weighted by Crippen LogP contribution is -2.48. The van der Waals surface area contributed by atoms with Crippen LogP contribution in [0, 0.1) is 5.82 Å². The number of halogens is 2. The van der Waals surface area contributed by atoms with E-state index in [-0.39, 0.29) is 10.9 Å². The molecule has 1 saturated heterocycles. The fourth-order valence-corrected chi connectivity index (χ4v) is 3.26. The largest absolute Gasteiger partial charge is 0.384 e. The summed E-state index contributed by atoms with van der Waals surface area (Å²) in [5.41, 5.74) is 2.02. The van der Waals surface area contributed by atoms with Crippen LogP contribution < -0.4 is 5.32 Å². The highest BCUT2D eigenvalue weighted by Crippen LogP contribution is 2.19. The summed E-state index contributed by atoms with van der Waals surface area (Å²) < 4.78 is 13.1.